The molecule has 0 aliphatic heterocycles. The molecule has 4 aliphatic carbocycles. The van der Waals surface area contributed by atoms with Crippen molar-refractivity contribution in [2.24, 2.45) is 40.4 Å². The number of ether oxygens (including phenoxy) is 2. The van der Waals surface area contributed by atoms with E-state index in [2.05, 4.69) is 20.8 Å². The monoisotopic (exact) mass is 518 g/mol. The molecular weight excluding hydrogens is 480 g/mol. The minimum atomic E-state index is -0.582. The van der Waals surface area contributed by atoms with Crippen LogP contribution in [-0.4, -0.2) is 59.9 Å². The van der Waals surface area contributed by atoms with E-state index in [1.165, 1.54) is 11.8 Å². The van der Waals surface area contributed by atoms with E-state index in [1.807, 2.05) is 6.08 Å². The van der Waals surface area contributed by atoms with E-state index in [0.29, 0.717) is 12.3 Å². The first-order chi connectivity index (χ1) is 17.0. The summed E-state index contributed by atoms with van der Waals surface area (Å²) < 4.78 is 10.2. The van der Waals surface area contributed by atoms with Crippen LogP contribution in [0.4, 0.5) is 0 Å². The highest BCUT2D eigenvalue weighted by Gasteiger charge is 2.63. The lowest BCUT2D eigenvalue weighted by atomic mass is 9.45. The summed E-state index contributed by atoms with van der Waals surface area (Å²) >= 11 is 1.35. The molecule has 0 heterocycles. The molecule has 36 heavy (non-hydrogen) atoms. The summed E-state index contributed by atoms with van der Waals surface area (Å²) in [4.78, 5) is 48.8. The number of thioether (sulfide) groups is 1. The predicted octanol–water partition coefficient (Wildman–Crippen LogP) is 3.54. The molecule has 3 saturated carbocycles. The molecular formula is C28H38O7S. The molecule has 0 aromatic heterocycles. The van der Waals surface area contributed by atoms with Crippen molar-refractivity contribution in [2.75, 3.05) is 25.2 Å². The molecule has 3 fully saturated rings. The van der Waals surface area contributed by atoms with Crippen molar-refractivity contribution >= 4 is 35.3 Å². The van der Waals surface area contributed by atoms with E-state index in [4.69, 9.17) is 9.47 Å². The number of ketones is 2. The molecule has 0 saturated heterocycles. The SMILES string of the molecule is CSCC(=O)OCCC(=O)OCC(=O)[C@H]1CC[C@H]2[C@@H]3CC(C)C4=CC(=O)C=C[C@]4(C)[C@H]3C(O)C[C@]12C. The number of esters is 2. The van der Waals surface area contributed by atoms with Gasteiger partial charge in [0.15, 0.2) is 11.6 Å². The number of aliphatic hydroxyl groups excluding tert-OH is 1. The van der Waals surface area contributed by atoms with Crippen LogP contribution in [0.1, 0.15) is 52.9 Å². The number of carbonyl (C=O) groups excluding carboxylic acids is 4. The molecule has 0 aromatic carbocycles. The van der Waals surface area contributed by atoms with Crippen LogP contribution in [0.25, 0.3) is 0 Å². The number of aliphatic hydroxyl groups is 1. The molecule has 0 bridgehead atoms. The third kappa shape index (κ3) is 4.83. The average Bonchev–Trinajstić information content (AvgIpc) is 3.15. The van der Waals surface area contributed by atoms with Crippen LogP contribution >= 0.6 is 11.8 Å². The summed E-state index contributed by atoms with van der Waals surface area (Å²) in [5, 5.41) is 11.5. The number of allylic oxidation sites excluding steroid dienone is 4. The van der Waals surface area contributed by atoms with Gasteiger partial charge in [0.05, 0.1) is 18.3 Å². The first-order valence-corrected chi connectivity index (χ1v) is 14.4. The summed E-state index contributed by atoms with van der Waals surface area (Å²) in [7, 11) is 0. The van der Waals surface area contributed by atoms with Crippen molar-refractivity contribution in [2.45, 2.75) is 59.0 Å². The van der Waals surface area contributed by atoms with Crippen molar-refractivity contribution in [1.29, 1.82) is 0 Å². The number of fused-ring (bicyclic) bond motifs is 5. The number of carbonyl (C=O) groups is 4. The van der Waals surface area contributed by atoms with Gasteiger partial charge < -0.3 is 14.6 Å². The van der Waals surface area contributed by atoms with Crippen LogP contribution < -0.4 is 0 Å². The summed E-state index contributed by atoms with van der Waals surface area (Å²) in [5.41, 5.74) is 0.409. The highest BCUT2D eigenvalue weighted by Crippen LogP contribution is 2.66. The third-order valence-corrected chi connectivity index (χ3v) is 9.93. The molecule has 4 rings (SSSR count). The Hall–Kier alpha value is -1.93. The highest BCUT2D eigenvalue weighted by molar-refractivity contribution is 7.99. The second kappa shape index (κ2) is 10.4. The number of hydrogen-bond acceptors (Lipinski definition) is 8. The van der Waals surface area contributed by atoms with Gasteiger partial charge in [-0.3, -0.25) is 19.2 Å². The normalized spacial score (nSPS) is 38.9. The van der Waals surface area contributed by atoms with Crippen LogP contribution in [0.5, 0.6) is 0 Å². The average molecular weight is 519 g/mol. The Labute approximate surface area is 217 Å². The molecule has 1 N–H and O–H groups in total. The number of Topliss-reactive ketones (excluding diaryl/α,β-unsaturated/α-hetero) is 1. The van der Waals surface area contributed by atoms with Gasteiger partial charge in [-0.15, -0.1) is 0 Å². The molecule has 0 aromatic rings. The summed E-state index contributed by atoms with van der Waals surface area (Å²) in [6.45, 7) is 6.09. The molecule has 8 atom stereocenters. The largest absolute Gasteiger partial charge is 0.464 e. The van der Waals surface area contributed by atoms with Crippen molar-refractivity contribution < 1.29 is 33.8 Å². The fourth-order valence-electron chi connectivity index (χ4n) is 8.01. The van der Waals surface area contributed by atoms with Crippen LogP contribution in [0.3, 0.4) is 0 Å². The van der Waals surface area contributed by atoms with E-state index in [0.717, 1.165) is 24.8 Å². The fourth-order valence-corrected chi connectivity index (χ4v) is 8.33. The Morgan fingerprint density at radius 2 is 1.92 bits per heavy atom. The maximum absolute atomic E-state index is 13.2. The third-order valence-electron chi connectivity index (χ3n) is 9.41. The molecule has 2 unspecified atom stereocenters. The molecule has 0 spiro atoms. The van der Waals surface area contributed by atoms with Crippen LogP contribution in [0.2, 0.25) is 0 Å². The van der Waals surface area contributed by atoms with Crippen LogP contribution in [0.15, 0.2) is 23.8 Å². The van der Waals surface area contributed by atoms with Crippen molar-refractivity contribution in [1.82, 2.24) is 0 Å². The maximum atomic E-state index is 13.2. The van der Waals surface area contributed by atoms with Gasteiger partial charge in [0.25, 0.3) is 0 Å². The second-order valence-corrected chi connectivity index (χ2v) is 12.4. The minimum Gasteiger partial charge on any atom is -0.464 e. The minimum absolute atomic E-state index is 0.0158. The molecule has 7 nitrogen and oxygen atoms in total. The quantitative estimate of drug-likeness (QED) is 0.487. The lowest BCUT2D eigenvalue weighted by Crippen LogP contribution is -2.57. The number of hydrogen-bond donors (Lipinski definition) is 1. The highest BCUT2D eigenvalue weighted by atomic mass is 32.2. The van der Waals surface area contributed by atoms with Gasteiger partial charge in [-0.25, -0.2) is 0 Å². The topological polar surface area (TPSA) is 107 Å². The predicted molar refractivity (Wildman–Crippen MR) is 136 cm³/mol. The van der Waals surface area contributed by atoms with E-state index >= 15 is 0 Å². The molecule has 0 radical (unpaired) electrons. The Balaban J connectivity index is 1.41. The Morgan fingerprint density at radius 1 is 1.17 bits per heavy atom. The standard InChI is InChI=1S/C28H38O7S/c1-16-11-18-19-5-6-20(23(31)14-35-24(32)8-10-34-25(33)15-36-4)28(19,3)13-22(30)26(18)27(2)9-7-17(29)12-21(16)27/h7,9,12,16,18-20,22,26,30H,5-6,8,10-11,13-15H2,1-4H3/t16?,18-,19-,20+,22?,26+,27-,28-/m0/s1. The zero-order chi connectivity index (χ0) is 26.3. The summed E-state index contributed by atoms with van der Waals surface area (Å²) in [6, 6.07) is 0. The van der Waals surface area contributed by atoms with Gasteiger partial charge in [-0.05, 0) is 67.3 Å². The van der Waals surface area contributed by atoms with Gasteiger partial charge in [0.1, 0.15) is 13.2 Å². The maximum Gasteiger partial charge on any atom is 0.315 e. The van der Waals surface area contributed by atoms with Crippen molar-refractivity contribution in [3.05, 3.63) is 23.8 Å². The zero-order valence-corrected chi connectivity index (χ0v) is 22.5. The first-order valence-electron chi connectivity index (χ1n) is 13.0. The smallest absolute Gasteiger partial charge is 0.315 e. The van der Waals surface area contributed by atoms with Gasteiger partial charge >= 0.3 is 11.9 Å². The molecule has 198 valence electrons. The fraction of sp³-hybridized carbons (Fsp3) is 0.714. The molecule has 4 aliphatic rings. The van der Waals surface area contributed by atoms with Crippen molar-refractivity contribution in [3.63, 3.8) is 0 Å². The van der Waals surface area contributed by atoms with E-state index in [1.54, 1.807) is 18.4 Å². The molecule has 8 heteroatoms. The van der Waals surface area contributed by atoms with Crippen molar-refractivity contribution in [3.8, 4) is 0 Å². The van der Waals surface area contributed by atoms with Gasteiger partial charge in [-0.1, -0.05) is 32.4 Å². The van der Waals surface area contributed by atoms with Crippen LogP contribution in [0, 0.1) is 40.4 Å². The Bertz CT molecular complexity index is 986. The van der Waals surface area contributed by atoms with E-state index in [9.17, 15) is 24.3 Å². The van der Waals surface area contributed by atoms with E-state index < -0.39 is 12.1 Å². The van der Waals surface area contributed by atoms with Gasteiger partial charge in [0.2, 0.25) is 0 Å². The van der Waals surface area contributed by atoms with Gasteiger partial charge in [-0.2, -0.15) is 11.8 Å². The second-order valence-electron chi connectivity index (χ2n) is 11.5. The van der Waals surface area contributed by atoms with Gasteiger partial charge in [0, 0.05) is 17.3 Å². The van der Waals surface area contributed by atoms with Crippen LogP contribution in [-0.2, 0) is 28.7 Å². The summed E-state index contributed by atoms with van der Waals surface area (Å²) in [6.07, 6.45) is 9.58. The number of rotatable bonds is 8. The first kappa shape index (κ1) is 27.1. The lowest BCUT2D eigenvalue weighted by molar-refractivity contribution is -0.156. The van der Waals surface area contributed by atoms with E-state index in [-0.39, 0.29) is 77.4 Å². The summed E-state index contributed by atoms with van der Waals surface area (Å²) in [5.74, 6) is -0.267. The molecule has 0 amide bonds. The Kier molecular flexibility index (Phi) is 7.87. The zero-order valence-electron chi connectivity index (χ0n) is 21.7. The Morgan fingerprint density at radius 3 is 2.64 bits per heavy atom. The lowest BCUT2D eigenvalue weighted by Gasteiger charge is -2.60.